The number of aromatic nitrogens is 1. The molecule has 0 aliphatic carbocycles. The average Bonchev–Trinajstić information content (AvgIpc) is 3.13. The van der Waals surface area contributed by atoms with Crippen LogP contribution in [0.15, 0.2) is 30.5 Å². The van der Waals surface area contributed by atoms with Crippen molar-refractivity contribution in [3.63, 3.8) is 0 Å². The predicted octanol–water partition coefficient (Wildman–Crippen LogP) is 3.90. The van der Waals surface area contributed by atoms with Gasteiger partial charge in [-0.3, -0.25) is 4.79 Å². The van der Waals surface area contributed by atoms with Crippen molar-refractivity contribution in [3.8, 4) is 11.5 Å². The maximum Gasteiger partial charge on any atom is 0.338 e. The lowest BCUT2D eigenvalue weighted by molar-refractivity contribution is 0.0473. The van der Waals surface area contributed by atoms with E-state index in [2.05, 4.69) is 4.98 Å². The SMILES string of the molecule is CCCOc1c(Cl)cc(C(=O)OCC(=O)c2ccc[nH]2)cc1OCC. The van der Waals surface area contributed by atoms with Gasteiger partial charge in [0.25, 0.3) is 0 Å². The number of esters is 1. The third kappa shape index (κ3) is 5.00. The molecule has 25 heavy (non-hydrogen) atoms. The molecule has 2 rings (SSSR count). The van der Waals surface area contributed by atoms with Crippen LogP contribution in [0.5, 0.6) is 11.5 Å². The topological polar surface area (TPSA) is 77.6 Å². The van der Waals surface area contributed by atoms with Gasteiger partial charge in [-0.25, -0.2) is 4.79 Å². The summed E-state index contributed by atoms with van der Waals surface area (Å²) in [5, 5.41) is 0.252. The Morgan fingerprint density at radius 2 is 2.00 bits per heavy atom. The summed E-state index contributed by atoms with van der Waals surface area (Å²) in [7, 11) is 0. The van der Waals surface area contributed by atoms with E-state index in [1.165, 1.54) is 12.1 Å². The summed E-state index contributed by atoms with van der Waals surface area (Å²) in [4.78, 5) is 26.8. The molecule has 0 unspecified atom stereocenters. The van der Waals surface area contributed by atoms with Gasteiger partial charge < -0.3 is 19.2 Å². The number of benzene rings is 1. The molecule has 0 aliphatic rings. The number of ketones is 1. The number of hydrogen-bond donors (Lipinski definition) is 1. The Balaban J connectivity index is 2.11. The number of carbonyl (C=O) groups is 2. The minimum Gasteiger partial charge on any atom is -0.490 e. The van der Waals surface area contributed by atoms with Gasteiger partial charge in [0, 0.05) is 6.20 Å². The minimum absolute atomic E-state index is 0.191. The Bertz CT molecular complexity index is 727. The maximum atomic E-state index is 12.2. The zero-order valence-corrected chi connectivity index (χ0v) is 14.9. The number of Topliss-reactive ketones (excluding diaryl/α,β-unsaturated/α-hetero) is 1. The zero-order chi connectivity index (χ0) is 18.2. The molecule has 134 valence electrons. The fourth-order valence-electron chi connectivity index (χ4n) is 2.09. The smallest absolute Gasteiger partial charge is 0.338 e. The second-order valence-electron chi connectivity index (χ2n) is 5.15. The third-order valence-electron chi connectivity index (χ3n) is 3.23. The van der Waals surface area contributed by atoms with E-state index in [-0.39, 0.29) is 23.0 Å². The van der Waals surface area contributed by atoms with Gasteiger partial charge in [-0.2, -0.15) is 0 Å². The molecule has 0 bridgehead atoms. The third-order valence-corrected chi connectivity index (χ3v) is 3.51. The van der Waals surface area contributed by atoms with Gasteiger partial charge in [0.05, 0.1) is 29.5 Å². The molecule has 0 amide bonds. The number of carbonyl (C=O) groups excluding carboxylic acids is 2. The lowest BCUT2D eigenvalue weighted by Gasteiger charge is -2.14. The number of H-pyrrole nitrogens is 1. The molecule has 1 aromatic heterocycles. The summed E-state index contributed by atoms with van der Waals surface area (Å²) in [5.41, 5.74) is 0.570. The molecule has 0 saturated carbocycles. The quantitative estimate of drug-likeness (QED) is 0.538. The van der Waals surface area contributed by atoms with Crippen LogP contribution in [0.4, 0.5) is 0 Å². The van der Waals surface area contributed by atoms with E-state index in [4.69, 9.17) is 25.8 Å². The van der Waals surface area contributed by atoms with Crippen molar-refractivity contribution in [1.82, 2.24) is 4.98 Å². The number of ether oxygens (including phenoxy) is 3. The second-order valence-corrected chi connectivity index (χ2v) is 5.56. The van der Waals surface area contributed by atoms with Crippen LogP contribution in [0.25, 0.3) is 0 Å². The van der Waals surface area contributed by atoms with Crippen LogP contribution in [0.2, 0.25) is 5.02 Å². The molecular weight excluding hydrogens is 346 g/mol. The number of nitrogens with one attached hydrogen (secondary N) is 1. The first kappa shape index (κ1) is 18.9. The number of hydrogen-bond acceptors (Lipinski definition) is 5. The molecule has 1 heterocycles. The maximum absolute atomic E-state index is 12.2. The summed E-state index contributed by atoms with van der Waals surface area (Å²) in [5.74, 6) is -0.224. The highest BCUT2D eigenvalue weighted by Gasteiger charge is 2.18. The van der Waals surface area contributed by atoms with E-state index in [1.807, 2.05) is 13.8 Å². The van der Waals surface area contributed by atoms with Crippen LogP contribution in [0, 0.1) is 0 Å². The minimum atomic E-state index is -0.662. The molecule has 0 fully saturated rings. The first-order valence-corrected chi connectivity index (χ1v) is 8.37. The first-order valence-electron chi connectivity index (χ1n) is 7.99. The van der Waals surface area contributed by atoms with Gasteiger partial charge >= 0.3 is 5.97 Å². The second kappa shape index (κ2) is 9.13. The van der Waals surface area contributed by atoms with E-state index in [0.29, 0.717) is 30.4 Å². The molecule has 1 N–H and O–H groups in total. The van der Waals surface area contributed by atoms with Crippen LogP contribution >= 0.6 is 11.6 Å². The molecule has 6 nitrogen and oxygen atoms in total. The van der Waals surface area contributed by atoms with Crippen LogP contribution in [-0.4, -0.2) is 36.6 Å². The van der Waals surface area contributed by atoms with Gasteiger partial charge in [-0.1, -0.05) is 18.5 Å². The average molecular weight is 366 g/mol. The number of rotatable bonds is 9. The molecular formula is C18H20ClNO5. The van der Waals surface area contributed by atoms with Gasteiger partial charge in [-0.15, -0.1) is 0 Å². The highest BCUT2D eigenvalue weighted by atomic mass is 35.5. The monoisotopic (exact) mass is 365 g/mol. The summed E-state index contributed by atoms with van der Waals surface area (Å²) in [6, 6.07) is 6.25. The lowest BCUT2D eigenvalue weighted by atomic mass is 10.2. The molecule has 1 aromatic carbocycles. The fraction of sp³-hybridized carbons (Fsp3) is 0.333. The van der Waals surface area contributed by atoms with Crippen molar-refractivity contribution in [2.24, 2.45) is 0 Å². The molecule has 2 aromatic rings. The Labute approximate surface area is 151 Å². The standard InChI is InChI=1S/C18H20ClNO5/c1-3-8-24-17-13(19)9-12(10-16(17)23-4-2)18(22)25-11-15(21)14-6-5-7-20-14/h5-7,9-10,20H,3-4,8,11H2,1-2H3. The van der Waals surface area contributed by atoms with Crippen LogP contribution in [0.1, 0.15) is 41.1 Å². The van der Waals surface area contributed by atoms with Gasteiger partial charge in [0.2, 0.25) is 5.78 Å². The molecule has 0 atom stereocenters. The predicted molar refractivity (Wildman–Crippen MR) is 93.8 cm³/mol. The Kier molecular flexibility index (Phi) is 6.89. The highest BCUT2D eigenvalue weighted by Crippen LogP contribution is 2.37. The van der Waals surface area contributed by atoms with E-state index in [1.54, 1.807) is 18.3 Å². The van der Waals surface area contributed by atoms with Crippen molar-refractivity contribution < 1.29 is 23.8 Å². The largest absolute Gasteiger partial charge is 0.490 e. The van der Waals surface area contributed by atoms with Gasteiger partial charge in [-0.05, 0) is 37.6 Å². The first-order chi connectivity index (χ1) is 12.1. The van der Waals surface area contributed by atoms with Crippen molar-refractivity contribution in [1.29, 1.82) is 0 Å². The normalized spacial score (nSPS) is 10.4. The van der Waals surface area contributed by atoms with Gasteiger partial charge in [0.15, 0.2) is 18.1 Å². The summed E-state index contributed by atoms with van der Waals surface area (Å²) >= 11 is 6.21. The number of halogens is 1. The summed E-state index contributed by atoms with van der Waals surface area (Å²) in [6.45, 7) is 4.30. The highest BCUT2D eigenvalue weighted by molar-refractivity contribution is 6.32. The number of aromatic amines is 1. The molecule has 0 saturated heterocycles. The van der Waals surface area contributed by atoms with Crippen molar-refractivity contribution >= 4 is 23.4 Å². The van der Waals surface area contributed by atoms with Crippen molar-refractivity contribution in [3.05, 3.63) is 46.7 Å². The molecule has 0 radical (unpaired) electrons. The van der Waals surface area contributed by atoms with Crippen LogP contribution in [0.3, 0.4) is 0 Å². The van der Waals surface area contributed by atoms with Crippen LogP contribution in [-0.2, 0) is 4.74 Å². The van der Waals surface area contributed by atoms with E-state index in [0.717, 1.165) is 6.42 Å². The molecule has 0 spiro atoms. The van der Waals surface area contributed by atoms with Crippen molar-refractivity contribution in [2.75, 3.05) is 19.8 Å². The molecule has 0 aliphatic heterocycles. The Morgan fingerprint density at radius 3 is 2.64 bits per heavy atom. The lowest BCUT2D eigenvalue weighted by Crippen LogP contribution is -2.15. The van der Waals surface area contributed by atoms with E-state index < -0.39 is 5.97 Å². The van der Waals surface area contributed by atoms with Gasteiger partial charge in [0.1, 0.15) is 0 Å². The van der Waals surface area contributed by atoms with Crippen molar-refractivity contribution in [2.45, 2.75) is 20.3 Å². The summed E-state index contributed by atoms with van der Waals surface area (Å²) in [6.07, 6.45) is 2.44. The Morgan fingerprint density at radius 1 is 1.20 bits per heavy atom. The fourth-order valence-corrected chi connectivity index (χ4v) is 2.35. The van der Waals surface area contributed by atoms with E-state index >= 15 is 0 Å². The summed E-state index contributed by atoms with van der Waals surface area (Å²) < 4.78 is 16.1. The zero-order valence-electron chi connectivity index (χ0n) is 14.1. The van der Waals surface area contributed by atoms with E-state index in [9.17, 15) is 9.59 Å². The van der Waals surface area contributed by atoms with Crippen LogP contribution < -0.4 is 9.47 Å². The molecule has 7 heteroatoms. The Hall–Kier alpha value is -2.47.